The van der Waals surface area contributed by atoms with E-state index in [0.29, 0.717) is 36.9 Å². The molecule has 0 bridgehead atoms. The fourth-order valence-corrected chi connectivity index (χ4v) is 3.52. The van der Waals surface area contributed by atoms with Crippen LogP contribution in [0.25, 0.3) is 0 Å². The van der Waals surface area contributed by atoms with Crippen LogP contribution in [0.5, 0.6) is 11.5 Å². The Morgan fingerprint density at radius 3 is 2.06 bits per heavy atom. The normalized spacial score (nSPS) is 13.8. The molecule has 1 fully saturated rings. The maximum absolute atomic E-state index is 11.5. The summed E-state index contributed by atoms with van der Waals surface area (Å²) in [5.74, 6) is -2.45. The summed E-state index contributed by atoms with van der Waals surface area (Å²) in [6.07, 6.45) is 0. The van der Waals surface area contributed by atoms with Gasteiger partial charge in [-0.1, -0.05) is 30.3 Å². The minimum atomic E-state index is -1.82. The van der Waals surface area contributed by atoms with Gasteiger partial charge in [-0.2, -0.15) is 0 Å². The number of carboxylic acid groups (broad SMARTS) is 2. The van der Waals surface area contributed by atoms with Crippen molar-refractivity contribution in [3.8, 4) is 11.5 Å². The molecule has 2 N–H and O–H groups in total. The molecule has 10 heteroatoms. The minimum Gasteiger partial charge on any atom is -0.493 e. The number of methoxy groups -OCH3 is 1. The number of carbonyl (C=O) groups excluding carboxylic acids is 1. The molecular formula is C26H34N2O8. The Morgan fingerprint density at radius 1 is 0.833 bits per heavy atom. The molecule has 36 heavy (non-hydrogen) atoms. The van der Waals surface area contributed by atoms with E-state index in [2.05, 4.69) is 40.1 Å². The first-order chi connectivity index (χ1) is 17.3. The third-order valence-electron chi connectivity index (χ3n) is 5.50. The lowest BCUT2D eigenvalue weighted by Gasteiger charge is -2.34. The largest absolute Gasteiger partial charge is 0.493 e. The van der Waals surface area contributed by atoms with Crippen LogP contribution in [0, 0.1) is 0 Å². The SMILES string of the molecule is COc1cc(C(C)=O)ccc1OCCOCCN1CCN(Cc2ccccc2)CC1.O=C(O)C(=O)O. The fraction of sp³-hybridized carbons (Fsp3) is 0.423. The smallest absolute Gasteiger partial charge is 0.414 e. The van der Waals surface area contributed by atoms with E-state index in [1.807, 2.05) is 0 Å². The Balaban J connectivity index is 0.000000678. The molecule has 1 saturated heterocycles. The standard InChI is InChI=1S/C24H32N2O4.C2H2O4/c1-20(27)22-8-9-23(24(18-22)28-2)30-17-16-29-15-14-25-10-12-26(13-11-25)19-21-6-4-3-5-7-21;3-1(4)2(5)6/h3-9,18H,10-17,19H2,1-2H3;(H,3,4)(H,5,6). The number of ether oxygens (including phenoxy) is 3. The highest BCUT2D eigenvalue weighted by atomic mass is 16.5. The number of piperazine rings is 1. The van der Waals surface area contributed by atoms with E-state index in [9.17, 15) is 4.79 Å². The molecule has 0 amide bonds. The molecule has 0 aromatic heterocycles. The summed E-state index contributed by atoms with van der Waals surface area (Å²) in [5, 5.41) is 14.8. The highest BCUT2D eigenvalue weighted by Crippen LogP contribution is 2.28. The summed E-state index contributed by atoms with van der Waals surface area (Å²) < 4.78 is 16.8. The molecule has 1 heterocycles. The molecule has 10 nitrogen and oxygen atoms in total. The summed E-state index contributed by atoms with van der Waals surface area (Å²) in [6, 6.07) is 15.9. The van der Waals surface area contributed by atoms with Gasteiger partial charge in [-0.15, -0.1) is 0 Å². The summed E-state index contributed by atoms with van der Waals surface area (Å²) >= 11 is 0. The molecule has 0 spiro atoms. The first-order valence-corrected chi connectivity index (χ1v) is 11.6. The number of hydrogen-bond acceptors (Lipinski definition) is 8. The van der Waals surface area contributed by atoms with Crippen molar-refractivity contribution in [1.82, 2.24) is 9.80 Å². The lowest BCUT2D eigenvalue weighted by molar-refractivity contribution is -0.159. The molecule has 0 saturated carbocycles. The summed E-state index contributed by atoms with van der Waals surface area (Å²) in [5.41, 5.74) is 1.99. The quantitative estimate of drug-likeness (QED) is 0.268. The number of aliphatic carboxylic acids is 2. The number of nitrogens with zero attached hydrogens (tertiary/aromatic N) is 2. The van der Waals surface area contributed by atoms with Crippen molar-refractivity contribution in [1.29, 1.82) is 0 Å². The number of benzene rings is 2. The second-order valence-electron chi connectivity index (χ2n) is 8.10. The Hall–Kier alpha value is -3.47. The van der Waals surface area contributed by atoms with Gasteiger partial charge in [0.05, 0.1) is 20.3 Å². The van der Waals surface area contributed by atoms with Crippen LogP contribution in [0.4, 0.5) is 0 Å². The van der Waals surface area contributed by atoms with Gasteiger partial charge in [0.15, 0.2) is 17.3 Å². The van der Waals surface area contributed by atoms with Crippen molar-refractivity contribution < 1.29 is 38.8 Å². The molecule has 3 rings (SSSR count). The van der Waals surface area contributed by atoms with Crippen LogP contribution in [-0.2, 0) is 20.9 Å². The average molecular weight is 503 g/mol. The van der Waals surface area contributed by atoms with Gasteiger partial charge in [-0.3, -0.25) is 14.6 Å². The van der Waals surface area contributed by atoms with Crippen LogP contribution in [0.1, 0.15) is 22.8 Å². The summed E-state index contributed by atoms with van der Waals surface area (Å²) in [6.45, 7) is 9.50. The highest BCUT2D eigenvalue weighted by Gasteiger charge is 2.16. The van der Waals surface area contributed by atoms with Crippen molar-refractivity contribution in [3.63, 3.8) is 0 Å². The van der Waals surface area contributed by atoms with Crippen molar-refractivity contribution in [2.75, 3.05) is 59.7 Å². The molecule has 0 atom stereocenters. The molecule has 0 aliphatic carbocycles. The average Bonchev–Trinajstić information content (AvgIpc) is 2.88. The van der Waals surface area contributed by atoms with E-state index in [1.165, 1.54) is 12.5 Å². The third-order valence-corrected chi connectivity index (χ3v) is 5.50. The number of ketones is 1. The highest BCUT2D eigenvalue weighted by molar-refractivity contribution is 6.27. The van der Waals surface area contributed by atoms with Crippen LogP contribution in [0.3, 0.4) is 0 Å². The van der Waals surface area contributed by atoms with Crippen molar-refractivity contribution >= 4 is 17.7 Å². The van der Waals surface area contributed by atoms with E-state index in [1.54, 1.807) is 25.3 Å². The van der Waals surface area contributed by atoms with Crippen molar-refractivity contribution in [2.24, 2.45) is 0 Å². The van der Waals surface area contributed by atoms with E-state index in [-0.39, 0.29) is 5.78 Å². The molecule has 2 aromatic carbocycles. The maximum atomic E-state index is 11.5. The molecule has 0 radical (unpaired) electrons. The molecular weight excluding hydrogens is 468 g/mol. The van der Waals surface area contributed by atoms with Gasteiger partial charge in [-0.25, -0.2) is 9.59 Å². The zero-order valence-corrected chi connectivity index (χ0v) is 20.7. The van der Waals surface area contributed by atoms with Crippen LogP contribution in [0.15, 0.2) is 48.5 Å². The molecule has 2 aromatic rings. The predicted molar refractivity (Wildman–Crippen MR) is 133 cm³/mol. The Bertz CT molecular complexity index is 963. The van der Waals surface area contributed by atoms with E-state index in [0.717, 1.165) is 39.3 Å². The first kappa shape index (κ1) is 28.8. The number of rotatable bonds is 11. The molecule has 1 aliphatic heterocycles. The lowest BCUT2D eigenvalue weighted by atomic mass is 10.1. The van der Waals surface area contributed by atoms with Gasteiger partial charge in [0.2, 0.25) is 0 Å². The number of hydrogen-bond donors (Lipinski definition) is 2. The van der Waals surface area contributed by atoms with Crippen molar-refractivity contribution in [2.45, 2.75) is 13.5 Å². The second-order valence-corrected chi connectivity index (χ2v) is 8.10. The van der Waals surface area contributed by atoms with Gasteiger partial charge in [0.25, 0.3) is 0 Å². The van der Waals surface area contributed by atoms with Gasteiger partial charge >= 0.3 is 11.9 Å². The zero-order chi connectivity index (χ0) is 26.3. The maximum Gasteiger partial charge on any atom is 0.414 e. The Morgan fingerprint density at radius 2 is 1.47 bits per heavy atom. The summed E-state index contributed by atoms with van der Waals surface area (Å²) in [7, 11) is 1.57. The van der Waals surface area contributed by atoms with Crippen LogP contribution in [-0.4, -0.2) is 97.4 Å². The van der Waals surface area contributed by atoms with Gasteiger partial charge in [-0.05, 0) is 30.7 Å². The Labute approximate surface area is 211 Å². The number of carboxylic acids is 2. The summed E-state index contributed by atoms with van der Waals surface area (Å²) in [4.78, 5) is 34.6. The molecule has 1 aliphatic rings. The topological polar surface area (TPSA) is 126 Å². The monoisotopic (exact) mass is 502 g/mol. The van der Waals surface area contributed by atoms with E-state index >= 15 is 0 Å². The van der Waals surface area contributed by atoms with Gasteiger partial charge in [0, 0.05) is 44.8 Å². The number of Topliss-reactive ketones (excluding diaryl/α,β-unsaturated/α-hetero) is 1. The Kier molecular flexibility index (Phi) is 12.4. The van der Waals surface area contributed by atoms with Gasteiger partial charge in [0.1, 0.15) is 6.61 Å². The van der Waals surface area contributed by atoms with Crippen LogP contribution < -0.4 is 9.47 Å². The van der Waals surface area contributed by atoms with Crippen LogP contribution in [0.2, 0.25) is 0 Å². The lowest BCUT2D eigenvalue weighted by Crippen LogP contribution is -2.46. The minimum absolute atomic E-state index is 0.00378. The third kappa shape index (κ3) is 10.4. The molecule has 0 unspecified atom stereocenters. The molecule has 196 valence electrons. The van der Waals surface area contributed by atoms with Gasteiger partial charge < -0.3 is 24.4 Å². The van der Waals surface area contributed by atoms with E-state index < -0.39 is 11.9 Å². The second kappa shape index (κ2) is 15.5. The zero-order valence-electron chi connectivity index (χ0n) is 20.7. The van der Waals surface area contributed by atoms with E-state index in [4.69, 9.17) is 34.0 Å². The fourth-order valence-electron chi connectivity index (χ4n) is 3.52. The van der Waals surface area contributed by atoms with Crippen LogP contribution >= 0.6 is 0 Å². The van der Waals surface area contributed by atoms with Crippen molar-refractivity contribution in [3.05, 3.63) is 59.7 Å². The number of carbonyl (C=O) groups is 3. The predicted octanol–water partition coefficient (Wildman–Crippen LogP) is 2.27. The first-order valence-electron chi connectivity index (χ1n) is 11.6.